The Bertz CT molecular complexity index is 518. The first-order chi connectivity index (χ1) is 9.81. The highest BCUT2D eigenvalue weighted by Gasteiger charge is 2.19. The number of carboxylic acids is 1. The number of carboxylic acid groups (broad SMARTS) is 1. The predicted octanol–water partition coefficient (Wildman–Crippen LogP) is 2.74. The number of aryl methyl sites for hydroxylation is 1. The number of likely N-dealkylation sites (N-methyl/N-ethyl adjacent to an activating group) is 1. The van der Waals surface area contributed by atoms with Crippen molar-refractivity contribution < 1.29 is 19.4 Å². The molecule has 0 heterocycles. The molecule has 0 aliphatic carbocycles. The molecular formula is C15H20ClNO4. The number of nitrogens with zero attached hydrogens (tertiary/aromatic N) is 1. The Morgan fingerprint density at radius 1 is 1.43 bits per heavy atom. The zero-order valence-electron chi connectivity index (χ0n) is 12.4. The molecule has 0 aliphatic heterocycles. The first kappa shape index (κ1) is 17.3. The summed E-state index contributed by atoms with van der Waals surface area (Å²) in [5, 5.41) is 9.20. The lowest BCUT2D eigenvalue weighted by atomic mass is 10.2. The minimum absolute atomic E-state index is 0.0448. The van der Waals surface area contributed by atoms with Gasteiger partial charge in [-0.05, 0) is 44.0 Å². The average molecular weight is 314 g/mol. The summed E-state index contributed by atoms with van der Waals surface area (Å²) in [6, 6.07) is 5.20. The molecule has 0 aromatic heterocycles. The summed E-state index contributed by atoms with van der Waals surface area (Å²) in [5.41, 5.74) is 0.857. The van der Waals surface area contributed by atoms with Gasteiger partial charge in [0.15, 0.2) is 6.10 Å². The number of ether oxygens (including phenoxy) is 1. The van der Waals surface area contributed by atoms with Crippen molar-refractivity contribution in [2.45, 2.75) is 32.8 Å². The van der Waals surface area contributed by atoms with Gasteiger partial charge in [-0.25, -0.2) is 0 Å². The molecular weight excluding hydrogens is 294 g/mol. The van der Waals surface area contributed by atoms with Crippen LogP contribution in [0.2, 0.25) is 5.02 Å². The Morgan fingerprint density at radius 3 is 2.67 bits per heavy atom. The normalized spacial score (nSPS) is 11.8. The molecule has 1 amide bonds. The molecule has 5 nitrogen and oxygen atoms in total. The van der Waals surface area contributed by atoms with Crippen LogP contribution in [0.1, 0.15) is 25.3 Å². The summed E-state index contributed by atoms with van der Waals surface area (Å²) < 4.78 is 5.64. The van der Waals surface area contributed by atoms with Crippen molar-refractivity contribution in [1.82, 2.24) is 4.90 Å². The predicted molar refractivity (Wildman–Crippen MR) is 80.8 cm³/mol. The molecule has 1 atom stereocenters. The van der Waals surface area contributed by atoms with Gasteiger partial charge >= 0.3 is 5.97 Å². The van der Waals surface area contributed by atoms with Gasteiger partial charge in [-0.3, -0.25) is 9.59 Å². The zero-order valence-corrected chi connectivity index (χ0v) is 13.2. The lowest BCUT2D eigenvalue weighted by Gasteiger charge is -2.22. The Kier molecular flexibility index (Phi) is 6.49. The van der Waals surface area contributed by atoms with E-state index in [2.05, 4.69) is 0 Å². The smallest absolute Gasteiger partial charge is 0.303 e. The summed E-state index contributed by atoms with van der Waals surface area (Å²) in [4.78, 5) is 24.1. The quantitative estimate of drug-likeness (QED) is 0.840. The molecule has 0 aliphatic rings. The molecule has 21 heavy (non-hydrogen) atoms. The molecule has 1 rings (SSSR count). The highest BCUT2D eigenvalue weighted by Crippen LogP contribution is 2.23. The number of rotatable bonds is 7. The SMILES string of the molecule is Cc1cc(Cl)ccc1OC(C)C(=O)N(C)CCCC(=O)O. The lowest BCUT2D eigenvalue weighted by molar-refractivity contribution is -0.139. The first-order valence-corrected chi connectivity index (χ1v) is 7.08. The third-order valence-corrected chi connectivity index (χ3v) is 3.28. The molecule has 1 aromatic carbocycles. The molecule has 1 unspecified atom stereocenters. The van der Waals surface area contributed by atoms with E-state index in [1.165, 1.54) is 4.90 Å². The van der Waals surface area contributed by atoms with Crippen molar-refractivity contribution in [2.24, 2.45) is 0 Å². The van der Waals surface area contributed by atoms with Crippen LogP contribution in [0.25, 0.3) is 0 Å². The van der Waals surface area contributed by atoms with Crippen molar-refractivity contribution in [1.29, 1.82) is 0 Å². The lowest BCUT2D eigenvalue weighted by Crippen LogP contribution is -2.38. The maximum atomic E-state index is 12.1. The molecule has 6 heteroatoms. The fourth-order valence-electron chi connectivity index (χ4n) is 1.87. The van der Waals surface area contributed by atoms with E-state index in [1.807, 2.05) is 6.92 Å². The summed E-state index contributed by atoms with van der Waals surface area (Å²) in [6.45, 7) is 3.91. The Labute approximate surface area is 129 Å². The minimum atomic E-state index is -0.864. The minimum Gasteiger partial charge on any atom is -0.481 e. The van der Waals surface area contributed by atoms with Gasteiger partial charge in [-0.2, -0.15) is 0 Å². The summed E-state index contributed by atoms with van der Waals surface area (Å²) in [5.74, 6) is -0.439. The number of benzene rings is 1. The monoisotopic (exact) mass is 313 g/mol. The molecule has 0 fully saturated rings. The largest absolute Gasteiger partial charge is 0.481 e. The van der Waals surface area contributed by atoms with Gasteiger partial charge in [0.05, 0.1) is 0 Å². The molecule has 0 radical (unpaired) electrons. The van der Waals surface area contributed by atoms with Crippen LogP contribution in [0.5, 0.6) is 5.75 Å². The van der Waals surface area contributed by atoms with Crippen LogP contribution in [0, 0.1) is 6.92 Å². The molecule has 0 saturated heterocycles. The van der Waals surface area contributed by atoms with E-state index in [0.717, 1.165) is 5.56 Å². The molecule has 0 spiro atoms. The fraction of sp³-hybridized carbons (Fsp3) is 0.467. The van der Waals surface area contributed by atoms with Gasteiger partial charge in [-0.1, -0.05) is 11.6 Å². The number of halogens is 1. The Morgan fingerprint density at radius 2 is 2.10 bits per heavy atom. The summed E-state index contributed by atoms with van der Waals surface area (Å²) >= 11 is 5.87. The van der Waals surface area contributed by atoms with E-state index < -0.39 is 12.1 Å². The number of aliphatic carboxylic acids is 1. The van der Waals surface area contributed by atoms with Crippen molar-refractivity contribution in [2.75, 3.05) is 13.6 Å². The number of hydrogen-bond donors (Lipinski definition) is 1. The van der Waals surface area contributed by atoms with Crippen LogP contribution in [0.3, 0.4) is 0 Å². The third kappa shape index (κ3) is 5.63. The van der Waals surface area contributed by atoms with E-state index in [-0.39, 0.29) is 12.3 Å². The van der Waals surface area contributed by atoms with Gasteiger partial charge in [0.25, 0.3) is 5.91 Å². The van der Waals surface area contributed by atoms with Gasteiger partial charge in [0.1, 0.15) is 5.75 Å². The summed E-state index contributed by atoms with van der Waals surface area (Å²) in [6.07, 6.45) is -0.173. The second-order valence-corrected chi connectivity index (χ2v) is 5.36. The van der Waals surface area contributed by atoms with Crippen molar-refractivity contribution in [3.05, 3.63) is 28.8 Å². The second-order valence-electron chi connectivity index (χ2n) is 4.93. The highest BCUT2D eigenvalue weighted by molar-refractivity contribution is 6.30. The molecule has 0 saturated carbocycles. The highest BCUT2D eigenvalue weighted by atomic mass is 35.5. The van der Waals surface area contributed by atoms with Crippen molar-refractivity contribution in [3.63, 3.8) is 0 Å². The van der Waals surface area contributed by atoms with Crippen LogP contribution < -0.4 is 4.74 Å². The second kappa shape index (κ2) is 7.88. The van der Waals surface area contributed by atoms with Gasteiger partial charge < -0.3 is 14.7 Å². The van der Waals surface area contributed by atoms with Crippen LogP contribution in [-0.4, -0.2) is 41.6 Å². The first-order valence-electron chi connectivity index (χ1n) is 6.71. The van der Waals surface area contributed by atoms with E-state index in [9.17, 15) is 9.59 Å². The van der Waals surface area contributed by atoms with E-state index in [1.54, 1.807) is 32.2 Å². The van der Waals surface area contributed by atoms with E-state index >= 15 is 0 Å². The van der Waals surface area contributed by atoms with Crippen molar-refractivity contribution >= 4 is 23.5 Å². The average Bonchev–Trinajstić information content (AvgIpc) is 2.40. The molecule has 1 aromatic rings. The van der Waals surface area contributed by atoms with Crippen LogP contribution in [-0.2, 0) is 9.59 Å². The number of amides is 1. The van der Waals surface area contributed by atoms with Gasteiger partial charge in [-0.15, -0.1) is 0 Å². The Hall–Kier alpha value is -1.75. The van der Waals surface area contributed by atoms with E-state index in [4.69, 9.17) is 21.4 Å². The zero-order chi connectivity index (χ0) is 16.0. The number of hydrogen-bond acceptors (Lipinski definition) is 3. The maximum Gasteiger partial charge on any atom is 0.303 e. The standard InChI is InChI=1S/C15H20ClNO4/c1-10-9-12(16)6-7-13(10)21-11(2)15(20)17(3)8-4-5-14(18)19/h6-7,9,11H,4-5,8H2,1-3H3,(H,18,19). The molecule has 116 valence electrons. The van der Waals surface area contributed by atoms with Gasteiger partial charge in [0, 0.05) is 25.0 Å². The fourth-order valence-corrected chi connectivity index (χ4v) is 2.10. The van der Waals surface area contributed by atoms with E-state index in [0.29, 0.717) is 23.7 Å². The van der Waals surface area contributed by atoms with Crippen LogP contribution >= 0.6 is 11.6 Å². The number of carbonyl (C=O) groups is 2. The van der Waals surface area contributed by atoms with Crippen LogP contribution in [0.4, 0.5) is 0 Å². The topological polar surface area (TPSA) is 66.8 Å². The molecule has 1 N–H and O–H groups in total. The van der Waals surface area contributed by atoms with Crippen molar-refractivity contribution in [3.8, 4) is 5.75 Å². The van der Waals surface area contributed by atoms with Gasteiger partial charge in [0.2, 0.25) is 0 Å². The third-order valence-electron chi connectivity index (χ3n) is 3.05. The number of carbonyl (C=O) groups excluding carboxylic acids is 1. The molecule has 0 bridgehead atoms. The van der Waals surface area contributed by atoms with Crippen LogP contribution in [0.15, 0.2) is 18.2 Å². The summed E-state index contributed by atoms with van der Waals surface area (Å²) in [7, 11) is 1.64. The Balaban J connectivity index is 2.55. The maximum absolute atomic E-state index is 12.1.